The van der Waals surface area contributed by atoms with Crippen LogP contribution >= 0.6 is 23.2 Å². The number of nitrogens with zero attached hydrogens (tertiary/aromatic N) is 1. The first-order valence-electron chi connectivity index (χ1n) is 6.91. The van der Waals surface area contributed by atoms with E-state index in [1.165, 1.54) is 23.1 Å². The Morgan fingerprint density at radius 1 is 1.08 bits per heavy atom. The van der Waals surface area contributed by atoms with Crippen molar-refractivity contribution in [2.75, 3.05) is 4.90 Å². The van der Waals surface area contributed by atoms with Crippen molar-refractivity contribution < 1.29 is 18.0 Å². The van der Waals surface area contributed by atoms with Gasteiger partial charge in [0.1, 0.15) is 6.04 Å². The Hall–Kier alpha value is -1.76. The maximum atomic E-state index is 12.9. The summed E-state index contributed by atoms with van der Waals surface area (Å²) in [6.45, 7) is 0. The third-order valence-electron chi connectivity index (χ3n) is 3.87. The minimum Gasteiger partial charge on any atom is -0.318 e. The topological polar surface area (TPSA) is 46.3 Å². The average molecular weight is 375 g/mol. The SMILES string of the molecule is NC1C(=O)N(c2cccc(C(F)(F)F)c2)C1c1ccc(Cl)cc1Cl. The van der Waals surface area contributed by atoms with Crippen LogP contribution in [-0.2, 0) is 11.0 Å². The second-order valence-electron chi connectivity index (χ2n) is 5.39. The van der Waals surface area contributed by atoms with E-state index in [4.69, 9.17) is 28.9 Å². The lowest BCUT2D eigenvalue weighted by atomic mass is 9.88. The molecular weight excluding hydrogens is 364 g/mol. The molecule has 24 heavy (non-hydrogen) atoms. The van der Waals surface area contributed by atoms with Crippen LogP contribution in [0.25, 0.3) is 0 Å². The van der Waals surface area contributed by atoms with E-state index in [9.17, 15) is 18.0 Å². The van der Waals surface area contributed by atoms with Gasteiger partial charge in [0, 0.05) is 15.7 Å². The minimum absolute atomic E-state index is 0.118. The van der Waals surface area contributed by atoms with E-state index in [1.54, 1.807) is 12.1 Å². The molecule has 8 heteroatoms. The maximum Gasteiger partial charge on any atom is 0.416 e. The van der Waals surface area contributed by atoms with Crippen LogP contribution < -0.4 is 10.6 Å². The lowest BCUT2D eigenvalue weighted by Gasteiger charge is -2.46. The molecule has 0 radical (unpaired) electrons. The Morgan fingerprint density at radius 2 is 1.79 bits per heavy atom. The molecule has 1 aliphatic heterocycles. The van der Waals surface area contributed by atoms with E-state index in [0.717, 1.165) is 12.1 Å². The van der Waals surface area contributed by atoms with Gasteiger partial charge in [-0.05, 0) is 35.9 Å². The number of carbonyl (C=O) groups excluding carboxylic acids is 1. The second kappa shape index (κ2) is 5.95. The van der Waals surface area contributed by atoms with Gasteiger partial charge in [-0.15, -0.1) is 0 Å². The molecule has 1 heterocycles. The van der Waals surface area contributed by atoms with Crippen LogP contribution in [0.3, 0.4) is 0 Å². The number of carbonyl (C=O) groups is 1. The first kappa shape index (κ1) is 17.1. The Labute approximate surface area is 145 Å². The Balaban J connectivity index is 2.02. The van der Waals surface area contributed by atoms with Crippen LogP contribution in [-0.4, -0.2) is 11.9 Å². The van der Waals surface area contributed by atoms with Gasteiger partial charge in [-0.1, -0.05) is 35.3 Å². The van der Waals surface area contributed by atoms with Crippen molar-refractivity contribution in [1.29, 1.82) is 0 Å². The molecule has 0 aliphatic carbocycles. The first-order valence-corrected chi connectivity index (χ1v) is 7.66. The molecule has 3 nitrogen and oxygen atoms in total. The van der Waals surface area contributed by atoms with E-state index in [2.05, 4.69) is 0 Å². The van der Waals surface area contributed by atoms with Crippen LogP contribution in [0.15, 0.2) is 42.5 Å². The third kappa shape index (κ3) is 2.85. The zero-order valence-electron chi connectivity index (χ0n) is 12.0. The zero-order chi connectivity index (χ0) is 17.6. The molecule has 2 atom stereocenters. The van der Waals surface area contributed by atoms with Gasteiger partial charge in [-0.25, -0.2) is 0 Å². The van der Waals surface area contributed by atoms with Crippen molar-refractivity contribution >= 4 is 34.8 Å². The summed E-state index contributed by atoms with van der Waals surface area (Å²) in [6.07, 6.45) is -4.50. The standard InChI is InChI=1S/C16H11Cl2F3N2O/c17-9-4-5-11(12(18)7-9)14-13(22)15(24)23(14)10-3-1-2-8(6-10)16(19,20)21/h1-7,13-14H,22H2. The molecule has 3 rings (SSSR count). The van der Waals surface area contributed by atoms with Crippen LogP contribution in [0.4, 0.5) is 18.9 Å². The highest BCUT2D eigenvalue weighted by Gasteiger charge is 2.47. The highest BCUT2D eigenvalue weighted by Crippen LogP contribution is 2.42. The molecule has 0 bridgehead atoms. The predicted molar refractivity (Wildman–Crippen MR) is 86.1 cm³/mol. The van der Waals surface area contributed by atoms with E-state index in [0.29, 0.717) is 15.6 Å². The van der Waals surface area contributed by atoms with E-state index < -0.39 is 29.7 Å². The number of benzene rings is 2. The summed E-state index contributed by atoms with van der Waals surface area (Å²) in [5, 5.41) is 0.709. The number of alkyl halides is 3. The van der Waals surface area contributed by atoms with E-state index >= 15 is 0 Å². The average Bonchev–Trinajstić information content (AvgIpc) is 2.52. The largest absolute Gasteiger partial charge is 0.416 e. The molecule has 2 unspecified atom stereocenters. The fraction of sp³-hybridized carbons (Fsp3) is 0.188. The highest BCUT2D eigenvalue weighted by atomic mass is 35.5. The summed E-state index contributed by atoms with van der Waals surface area (Å²) in [6, 6.07) is 7.71. The molecule has 1 saturated heterocycles. The number of halogens is 5. The summed E-state index contributed by atoms with van der Waals surface area (Å²) in [5.41, 5.74) is 5.66. The number of hydrogen-bond acceptors (Lipinski definition) is 2. The summed E-state index contributed by atoms with van der Waals surface area (Å²) < 4.78 is 38.7. The van der Waals surface area contributed by atoms with Gasteiger partial charge < -0.3 is 10.6 Å². The van der Waals surface area contributed by atoms with Crippen molar-refractivity contribution in [2.45, 2.75) is 18.3 Å². The summed E-state index contributed by atoms with van der Waals surface area (Å²) in [7, 11) is 0. The number of nitrogens with two attached hydrogens (primary N) is 1. The van der Waals surface area contributed by atoms with Gasteiger partial charge in [0.2, 0.25) is 5.91 Å². The van der Waals surface area contributed by atoms with E-state index in [1.807, 2.05) is 0 Å². The minimum atomic E-state index is -4.50. The van der Waals surface area contributed by atoms with Gasteiger partial charge in [0.15, 0.2) is 0 Å². The zero-order valence-corrected chi connectivity index (χ0v) is 13.5. The number of amides is 1. The van der Waals surface area contributed by atoms with Crippen LogP contribution in [0.5, 0.6) is 0 Å². The third-order valence-corrected chi connectivity index (χ3v) is 4.44. The normalized spacial score (nSPS) is 20.9. The molecule has 1 amide bonds. The molecule has 0 spiro atoms. The van der Waals surface area contributed by atoms with Gasteiger partial charge in [0.05, 0.1) is 11.6 Å². The molecule has 0 saturated carbocycles. The number of hydrogen-bond donors (Lipinski definition) is 1. The number of anilines is 1. The first-order chi connectivity index (χ1) is 11.2. The lowest BCUT2D eigenvalue weighted by Crippen LogP contribution is -2.63. The van der Waals surface area contributed by atoms with Gasteiger partial charge >= 0.3 is 6.18 Å². The molecule has 2 aromatic carbocycles. The van der Waals surface area contributed by atoms with E-state index in [-0.39, 0.29) is 5.69 Å². The Kier molecular flexibility index (Phi) is 4.23. The molecule has 1 fully saturated rings. The van der Waals surface area contributed by atoms with Crippen molar-refractivity contribution in [3.8, 4) is 0 Å². The molecular formula is C16H11Cl2F3N2O. The van der Waals surface area contributed by atoms with Crippen molar-refractivity contribution in [1.82, 2.24) is 0 Å². The van der Waals surface area contributed by atoms with Crippen LogP contribution in [0.1, 0.15) is 17.2 Å². The quantitative estimate of drug-likeness (QED) is 0.790. The predicted octanol–water partition coefficient (Wildman–Crippen LogP) is 4.43. The summed E-state index contributed by atoms with van der Waals surface area (Å²) in [5.74, 6) is -0.467. The molecule has 2 N–H and O–H groups in total. The highest BCUT2D eigenvalue weighted by molar-refractivity contribution is 6.35. The molecule has 0 aromatic heterocycles. The van der Waals surface area contributed by atoms with Gasteiger partial charge in [0.25, 0.3) is 0 Å². The number of rotatable bonds is 2. The molecule has 126 valence electrons. The number of β-lactam (4-membered cyclic amide) rings is 1. The second-order valence-corrected chi connectivity index (χ2v) is 6.24. The Morgan fingerprint density at radius 3 is 2.42 bits per heavy atom. The van der Waals surface area contributed by atoms with Crippen molar-refractivity contribution in [3.63, 3.8) is 0 Å². The van der Waals surface area contributed by atoms with Crippen molar-refractivity contribution in [3.05, 3.63) is 63.6 Å². The van der Waals surface area contributed by atoms with Gasteiger partial charge in [-0.2, -0.15) is 13.2 Å². The summed E-state index contributed by atoms with van der Waals surface area (Å²) in [4.78, 5) is 13.4. The van der Waals surface area contributed by atoms with Crippen LogP contribution in [0.2, 0.25) is 10.0 Å². The molecule has 2 aromatic rings. The van der Waals surface area contributed by atoms with Gasteiger partial charge in [-0.3, -0.25) is 4.79 Å². The molecule has 1 aliphatic rings. The fourth-order valence-electron chi connectivity index (χ4n) is 2.71. The smallest absolute Gasteiger partial charge is 0.318 e. The lowest BCUT2D eigenvalue weighted by molar-refractivity contribution is -0.137. The maximum absolute atomic E-state index is 12.9. The monoisotopic (exact) mass is 374 g/mol. The summed E-state index contributed by atoms with van der Waals surface area (Å²) >= 11 is 12.0. The van der Waals surface area contributed by atoms with Crippen molar-refractivity contribution in [2.24, 2.45) is 5.73 Å². The van der Waals surface area contributed by atoms with Crippen LogP contribution in [0, 0.1) is 0 Å². The fourth-order valence-corrected chi connectivity index (χ4v) is 3.23. The Bertz CT molecular complexity index is 810.